The van der Waals surface area contributed by atoms with Gasteiger partial charge in [0.25, 0.3) is 0 Å². The molecule has 0 aromatic heterocycles. The first-order chi connectivity index (χ1) is 9.15. The number of alkyl halides is 3. The summed E-state index contributed by atoms with van der Waals surface area (Å²) in [5.74, 6) is -1.09. The molecule has 0 spiro atoms. The van der Waals surface area contributed by atoms with E-state index in [1.165, 1.54) is 0 Å². The van der Waals surface area contributed by atoms with E-state index in [0.29, 0.717) is 17.7 Å². The molecule has 2 unspecified atom stereocenters. The Morgan fingerprint density at radius 1 is 1.30 bits per heavy atom. The van der Waals surface area contributed by atoms with E-state index in [1.54, 1.807) is 0 Å². The van der Waals surface area contributed by atoms with Gasteiger partial charge in [-0.2, -0.15) is 13.2 Å². The molecule has 0 aliphatic carbocycles. The number of hydrogen-bond acceptors (Lipinski definition) is 2. The van der Waals surface area contributed by atoms with E-state index < -0.39 is 36.6 Å². The topological polar surface area (TPSA) is 49.4 Å². The number of carbonyl (C=O) groups excluding carboxylic acids is 2. The van der Waals surface area contributed by atoms with Crippen LogP contribution in [0.3, 0.4) is 0 Å². The van der Waals surface area contributed by atoms with Gasteiger partial charge in [0.1, 0.15) is 18.6 Å². The van der Waals surface area contributed by atoms with Gasteiger partial charge in [-0.25, -0.2) is 0 Å². The molecule has 2 atom stereocenters. The summed E-state index contributed by atoms with van der Waals surface area (Å²) in [5, 5.41) is 2.54. The minimum absolute atomic E-state index is 0.0250. The minimum Gasteiger partial charge on any atom is -0.343 e. The molecule has 116 valence electrons. The first kappa shape index (κ1) is 16.8. The number of amides is 2. The van der Waals surface area contributed by atoms with Gasteiger partial charge in [0.2, 0.25) is 11.8 Å². The summed E-state index contributed by atoms with van der Waals surface area (Å²) in [7, 11) is 0. The number of nitrogens with zero attached hydrogens (tertiary/aromatic N) is 1. The lowest BCUT2D eigenvalue weighted by molar-refractivity contribution is -0.174. The standard InChI is InChI=1S/C13H21F3N2O2/c1-4-5-9-12(20)18(7-13(14,15)16)10(6-8(2)3)11(19)17-9/h8-10H,4-7H2,1-3H3,(H,17,19). The molecule has 0 bridgehead atoms. The van der Waals surface area contributed by atoms with Crippen LogP contribution in [-0.2, 0) is 9.59 Å². The van der Waals surface area contributed by atoms with Crippen molar-refractivity contribution >= 4 is 11.8 Å². The zero-order valence-electron chi connectivity index (χ0n) is 12.0. The molecule has 20 heavy (non-hydrogen) atoms. The Kier molecular flexibility index (Phi) is 5.42. The Morgan fingerprint density at radius 2 is 1.90 bits per heavy atom. The summed E-state index contributed by atoms with van der Waals surface area (Å²) in [6.45, 7) is 4.06. The molecule has 0 aromatic carbocycles. The Balaban J connectivity index is 2.97. The van der Waals surface area contributed by atoms with Gasteiger partial charge in [0, 0.05) is 0 Å². The van der Waals surface area contributed by atoms with Crippen LogP contribution in [-0.4, -0.2) is 41.5 Å². The number of piperazine rings is 1. The van der Waals surface area contributed by atoms with Gasteiger partial charge in [0.15, 0.2) is 0 Å². The molecule has 1 aliphatic heterocycles. The summed E-state index contributed by atoms with van der Waals surface area (Å²) in [6, 6.07) is -1.87. The largest absolute Gasteiger partial charge is 0.406 e. The molecule has 1 saturated heterocycles. The van der Waals surface area contributed by atoms with Gasteiger partial charge < -0.3 is 10.2 Å². The molecule has 1 N–H and O–H groups in total. The fourth-order valence-electron chi connectivity index (χ4n) is 2.37. The van der Waals surface area contributed by atoms with Gasteiger partial charge in [-0.15, -0.1) is 0 Å². The predicted octanol–water partition coefficient (Wildman–Crippen LogP) is 2.09. The van der Waals surface area contributed by atoms with E-state index in [-0.39, 0.29) is 12.3 Å². The molecule has 4 nitrogen and oxygen atoms in total. The maximum Gasteiger partial charge on any atom is 0.406 e. The second kappa shape index (κ2) is 6.45. The van der Waals surface area contributed by atoms with Crippen LogP contribution >= 0.6 is 0 Å². The van der Waals surface area contributed by atoms with Gasteiger partial charge in [-0.1, -0.05) is 27.2 Å². The quantitative estimate of drug-likeness (QED) is 0.844. The van der Waals surface area contributed by atoms with Crippen molar-refractivity contribution in [2.45, 2.75) is 58.3 Å². The van der Waals surface area contributed by atoms with Crippen LogP contribution in [0.25, 0.3) is 0 Å². The summed E-state index contributed by atoms with van der Waals surface area (Å²) in [4.78, 5) is 24.8. The van der Waals surface area contributed by atoms with Crippen LogP contribution in [0, 0.1) is 5.92 Å². The van der Waals surface area contributed by atoms with E-state index in [1.807, 2.05) is 20.8 Å². The number of carbonyl (C=O) groups is 2. The molecular formula is C13H21F3N2O2. The van der Waals surface area contributed by atoms with E-state index in [2.05, 4.69) is 5.32 Å². The van der Waals surface area contributed by atoms with Crippen LogP contribution in [0.4, 0.5) is 13.2 Å². The van der Waals surface area contributed by atoms with Gasteiger partial charge >= 0.3 is 6.18 Å². The molecule has 1 aliphatic rings. The molecule has 0 saturated carbocycles. The van der Waals surface area contributed by atoms with Crippen LogP contribution < -0.4 is 5.32 Å². The van der Waals surface area contributed by atoms with Gasteiger partial charge in [-0.3, -0.25) is 9.59 Å². The highest BCUT2D eigenvalue weighted by Gasteiger charge is 2.45. The lowest BCUT2D eigenvalue weighted by atomic mass is 9.96. The van der Waals surface area contributed by atoms with Crippen molar-refractivity contribution in [3.05, 3.63) is 0 Å². The molecule has 0 aromatic rings. The van der Waals surface area contributed by atoms with Crippen LogP contribution in [0.5, 0.6) is 0 Å². The zero-order chi connectivity index (χ0) is 15.5. The molecule has 0 radical (unpaired) electrons. The average Bonchev–Trinajstić information content (AvgIpc) is 2.28. The number of halogens is 3. The summed E-state index contributed by atoms with van der Waals surface area (Å²) in [6.07, 6.45) is -3.30. The maximum atomic E-state index is 12.6. The predicted molar refractivity (Wildman–Crippen MR) is 67.8 cm³/mol. The first-order valence-corrected chi connectivity index (χ1v) is 6.83. The number of rotatable bonds is 5. The van der Waals surface area contributed by atoms with Gasteiger partial charge in [-0.05, 0) is 18.8 Å². The van der Waals surface area contributed by atoms with Crippen molar-refractivity contribution in [2.75, 3.05) is 6.54 Å². The van der Waals surface area contributed by atoms with Crippen LogP contribution in [0.15, 0.2) is 0 Å². The van der Waals surface area contributed by atoms with Crippen LogP contribution in [0.1, 0.15) is 40.0 Å². The molecular weight excluding hydrogens is 273 g/mol. The lowest BCUT2D eigenvalue weighted by Gasteiger charge is -2.40. The first-order valence-electron chi connectivity index (χ1n) is 6.83. The van der Waals surface area contributed by atoms with Crippen LogP contribution in [0.2, 0.25) is 0 Å². The molecule has 2 amide bonds. The second-order valence-corrected chi connectivity index (χ2v) is 5.58. The van der Waals surface area contributed by atoms with Crippen molar-refractivity contribution in [1.82, 2.24) is 10.2 Å². The summed E-state index contributed by atoms with van der Waals surface area (Å²) in [5.41, 5.74) is 0. The third-order valence-electron chi connectivity index (χ3n) is 3.20. The maximum absolute atomic E-state index is 12.6. The molecule has 7 heteroatoms. The third-order valence-corrected chi connectivity index (χ3v) is 3.20. The summed E-state index contributed by atoms with van der Waals surface area (Å²) < 4.78 is 37.9. The second-order valence-electron chi connectivity index (χ2n) is 5.58. The lowest BCUT2D eigenvalue weighted by Crippen LogP contribution is -2.64. The Labute approximate surface area is 116 Å². The monoisotopic (exact) mass is 294 g/mol. The fraction of sp³-hybridized carbons (Fsp3) is 0.846. The molecule has 1 fully saturated rings. The zero-order valence-corrected chi connectivity index (χ0v) is 12.0. The highest BCUT2D eigenvalue weighted by molar-refractivity contribution is 5.97. The van der Waals surface area contributed by atoms with Crippen molar-refractivity contribution in [3.8, 4) is 0 Å². The smallest absolute Gasteiger partial charge is 0.343 e. The highest BCUT2D eigenvalue weighted by atomic mass is 19.4. The summed E-state index contributed by atoms with van der Waals surface area (Å²) >= 11 is 0. The van der Waals surface area contributed by atoms with E-state index in [4.69, 9.17) is 0 Å². The van der Waals surface area contributed by atoms with Gasteiger partial charge in [0.05, 0.1) is 0 Å². The van der Waals surface area contributed by atoms with Crippen molar-refractivity contribution in [1.29, 1.82) is 0 Å². The highest BCUT2D eigenvalue weighted by Crippen LogP contribution is 2.24. The Bertz CT molecular complexity index is 369. The average molecular weight is 294 g/mol. The van der Waals surface area contributed by atoms with Crippen molar-refractivity contribution in [2.24, 2.45) is 5.92 Å². The normalized spacial score (nSPS) is 24.2. The van der Waals surface area contributed by atoms with E-state index in [9.17, 15) is 22.8 Å². The van der Waals surface area contributed by atoms with Crippen molar-refractivity contribution in [3.63, 3.8) is 0 Å². The van der Waals surface area contributed by atoms with E-state index in [0.717, 1.165) is 0 Å². The SMILES string of the molecule is CCCC1NC(=O)C(CC(C)C)N(CC(F)(F)F)C1=O. The van der Waals surface area contributed by atoms with Crippen molar-refractivity contribution < 1.29 is 22.8 Å². The fourth-order valence-corrected chi connectivity index (χ4v) is 2.37. The molecule has 1 rings (SSSR count). The number of nitrogens with one attached hydrogen (secondary N) is 1. The minimum atomic E-state index is -4.50. The molecule has 1 heterocycles. The van der Waals surface area contributed by atoms with E-state index >= 15 is 0 Å². The Morgan fingerprint density at radius 3 is 2.35 bits per heavy atom. The third kappa shape index (κ3) is 4.38. The Hall–Kier alpha value is -1.27. The number of hydrogen-bond donors (Lipinski definition) is 1.